The van der Waals surface area contributed by atoms with Crippen LogP contribution in [0.5, 0.6) is 5.75 Å². The van der Waals surface area contributed by atoms with Crippen LogP contribution in [-0.2, 0) is 6.42 Å². The van der Waals surface area contributed by atoms with E-state index in [1.807, 2.05) is 55.5 Å². The third-order valence-electron chi connectivity index (χ3n) is 5.51. The van der Waals surface area contributed by atoms with Gasteiger partial charge in [-0.3, -0.25) is 4.79 Å². The number of allylic oxidation sites excluding steroid dienone is 2. The van der Waals surface area contributed by atoms with Gasteiger partial charge in [-0.15, -0.1) is 0 Å². The Morgan fingerprint density at radius 3 is 2.03 bits per heavy atom. The van der Waals surface area contributed by atoms with Crippen LogP contribution in [-0.4, -0.2) is 20.8 Å². The number of hydrogen-bond donors (Lipinski definition) is 1. The zero-order valence-electron chi connectivity index (χ0n) is 16.5. The van der Waals surface area contributed by atoms with Gasteiger partial charge in [-0.25, -0.2) is 0 Å². The summed E-state index contributed by atoms with van der Waals surface area (Å²) in [6, 6.07) is 26.8. The van der Waals surface area contributed by atoms with E-state index in [1.54, 1.807) is 28.9 Å². The third kappa shape index (κ3) is 2.94. The van der Waals surface area contributed by atoms with Crippen molar-refractivity contribution in [2.45, 2.75) is 13.3 Å². The number of carbonyl (C=O) groups excluding carboxylic acids is 1. The first-order valence-electron chi connectivity index (χ1n) is 9.90. The molecule has 4 heteroatoms. The van der Waals surface area contributed by atoms with Gasteiger partial charge in [-0.1, -0.05) is 78.4 Å². The first kappa shape index (κ1) is 18.1. The lowest BCUT2D eigenvalue weighted by atomic mass is 9.90. The highest BCUT2D eigenvalue weighted by atomic mass is 16.3. The SMILES string of the molecule is CC1=C(c2ccc(O)cc2)C(=O)n2nc(-c3ccccc3)c(-c3ccccc3)c2C1. The van der Waals surface area contributed by atoms with Crippen LogP contribution in [0.25, 0.3) is 28.0 Å². The van der Waals surface area contributed by atoms with Crippen LogP contribution in [0, 0.1) is 0 Å². The maximum Gasteiger partial charge on any atom is 0.279 e. The molecule has 0 atom stereocenters. The highest BCUT2D eigenvalue weighted by Gasteiger charge is 2.31. The summed E-state index contributed by atoms with van der Waals surface area (Å²) in [5, 5.41) is 14.4. The van der Waals surface area contributed by atoms with Crippen molar-refractivity contribution in [3.8, 4) is 28.1 Å². The lowest BCUT2D eigenvalue weighted by molar-refractivity contribution is 0.0958. The molecular formula is C26H20N2O2. The maximum absolute atomic E-state index is 13.5. The predicted molar refractivity (Wildman–Crippen MR) is 118 cm³/mol. The van der Waals surface area contributed by atoms with Crippen LogP contribution in [0.1, 0.15) is 23.0 Å². The summed E-state index contributed by atoms with van der Waals surface area (Å²) >= 11 is 0. The largest absolute Gasteiger partial charge is 0.508 e. The second-order valence-corrected chi connectivity index (χ2v) is 7.50. The van der Waals surface area contributed by atoms with Crippen LogP contribution in [0.3, 0.4) is 0 Å². The minimum absolute atomic E-state index is 0.140. The molecule has 0 fully saturated rings. The number of phenolic OH excluding ortho intramolecular Hbond substituents is 1. The number of nitrogens with zero attached hydrogens (tertiary/aromatic N) is 2. The Hall–Kier alpha value is -3.92. The van der Waals surface area contributed by atoms with Gasteiger partial charge >= 0.3 is 0 Å². The van der Waals surface area contributed by atoms with E-state index in [9.17, 15) is 9.90 Å². The molecule has 1 aromatic heterocycles. The smallest absolute Gasteiger partial charge is 0.279 e. The molecule has 0 saturated heterocycles. The summed E-state index contributed by atoms with van der Waals surface area (Å²) in [6.45, 7) is 1.99. The number of hydrogen-bond acceptors (Lipinski definition) is 3. The molecule has 2 heterocycles. The number of aromatic hydroxyl groups is 1. The molecule has 0 radical (unpaired) electrons. The molecule has 4 aromatic rings. The Bertz CT molecular complexity index is 1270. The van der Waals surface area contributed by atoms with Gasteiger partial charge < -0.3 is 5.11 Å². The number of rotatable bonds is 3. The van der Waals surface area contributed by atoms with E-state index in [0.29, 0.717) is 12.0 Å². The van der Waals surface area contributed by atoms with Crippen molar-refractivity contribution < 1.29 is 9.90 Å². The highest BCUT2D eigenvalue weighted by molar-refractivity contribution is 6.22. The van der Waals surface area contributed by atoms with Crippen LogP contribution in [0.2, 0.25) is 0 Å². The standard InChI is InChI=1S/C26H20N2O2/c1-17-16-22-24(18-8-4-2-5-9-18)25(20-10-6-3-7-11-20)27-28(22)26(30)23(17)19-12-14-21(29)15-13-19/h2-15,29H,16H2,1H3. The van der Waals surface area contributed by atoms with Gasteiger partial charge in [0.05, 0.1) is 5.69 Å². The van der Waals surface area contributed by atoms with E-state index < -0.39 is 0 Å². The molecule has 1 aliphatic rings. The van der Waals surface area contributed by atoms with E-state index >= 15 is 0 Å². The fourth-order valence-corrected chi connectivity index (χ4v) is 4.12. The molecule has 0 spiro atoms. The van der Waals surface area contributed by atoms with Gasteiger partial charge in [-0.2, -0.15) is 9.78 Å². The Labute approximate surface area is 174 Å². The Balaban J connectivity index is 1.72. The summed E-state index contributed by atoms with van der Waals surface area (Å²) in [4.78, 5) is 13.5. The minimum Gasteiger partial charge on any atom is -0.508 e. The van der Waals surface area contributed by atoms with Gasteiger partial charge in [0.1, 0.15) is 11.4 Å². The fraction of sp³-hybridized carbons (Fsp3) is 0.0769. The number of fused-ring (bicyclic) bond motifs is 1. The van der Waals surface area contributed by atoms with Crippen molar-refractivity contribution in [1.29, 1.82) is 0 Å². The average molecular weight is 392 g/mol. The van der Waals surface area contributed by atoms with Crippen molar-refractivity contribution in [2.75, 3.05) is 0 Å². The molecule has 1 aliphatic heterocycles. The monoisotopic (exact) mass is 392 g/mol. The second kappa shape index (κ2) is 7.16. The Morgan fingerprint density at radius 2 is 1.40 bits per heavy atom. The van der Waals surface area contributed by atoms with Crippen LogP contribution >= 0.6 is 0 Å². The van der Waals surface area contributed by atoms with E-state index in [2.05, 4.69) is 12.1 Å². The second-order valence-electron chi connectivity index (χ2n) is 7.50. The molecule has 5 rings (SSSR count). The van der Waals surface area contributed by atoms with E-state index in [0.717, 1.165) is 39.2 Å². The first-order chi connectivity index (χ1) is 14.6. The Kier molecular flexibility index (Phi) is 4.32. The lowest BCUT2D eigenvalue weighted by Crippen LogP contribution is -2.23. The molecule has 0 amide bonds. The lowest BCUT2D eigenvalue weighted by Gasteiger charge is -2.20. The quantitative estimate of drug-likeness (QED) is 0.494. The summed E-state index contributed by atoms with van der Waals surface area (Å²) < 4.78 is 1.56. The maximum atomic E-state index is 13.5. The molecular weight excluding hydrogens is 372 g/mol. The summed E-state index contributed by atoms with van der Waals surface area (Å²) in [5.74, 6) is 0.0385. The predicted octanol–water partition coefficient (Wildman–Crippen LogP) is 5.59. The zero-order chi connectivity index (χ0) is 20.7. The van der Waals surface area contributed by atoms with Gasteiger partial charge in [0.25, 0.3) is 5.91 Å². The molecule has 3 aromatic carbocycles. The molecule has 0 saturated carbocycles. The van der Waals surface area contributed by atoms with E-state index in [4.69, 9.17) is 5.10 Å². The van der Waals surface area contributed by atoms with Crippen LogP contribution in [0.4, 0.5) is 0 Å². The molecule has 0 aliphatic carbocycles. The number of phenols is 1. The van der Waals surface area contributed by atoms with Gasteiger partial charge in [-0.05, 0) is 30.2 Å². The first-order valence-corrected chi connectivity index (χ1v) is 9.90. The van der Waals surface area contributed by atoms with Crippen molar-refractivity contribution in [1.82, 2.24) is 9.78 Å². The average Bonchev–Trinajstić information content (AvgIpc) is 3.16. The van der Waals surface area contributed by atoms with Crippen molar-refractivity contribution >= 4 is 11.5 Å². The Morgan fingerprint density at radius 1 is 0.800 bits per heavy atom. The zero-order valence-corrected chi connectivity index (χ0v) is 16.5. The molecule has 0 bridgehead atoms. The van der Waals surface area contributed by atoms with Crippen LogP contribution < -0.4 is 0 Å². The molecule has 30 heavy (non-hydrogen) atoms. The highest BCUT2D eigenvalue weighted by Crippen LogP contribution is 2.39. The number of carbonyl (C=O) groups is 1. The summed E-state index contributed by atoms with van der Waals surface area (Å²) in [6.07, 6.45) is 0.631. The van der Waals surface area contributed by atoms with Crippen molar-refractivity contribution in [3.05, 3.63) is 102 Å². The van der Waals surface area contributed by atoms with Crippen molar-refractivity contribution in [2.24, 2.45) is 0 Å². The summed E-state index contributed by atoms with van der Waals surface area (Å²) in [7, 11) is 0. The van der Waals surface area contributed by atoms with E-state index in [-0.39, 0.29) is 11.7 Å². The normalized spacial score (nSPS) is 13.4. The minimum atomic E-state index is -0.140. The third-order valence-corrected chi connectivity index (χ3v) is 5.51. The van der Waals surface area contributed by atoms with Gasteiger partial charge in [0.15, 0.2) is 0 Å². The number of benzene rings is 3. The topological polar surface area (TPSA) is 55.1 Å². The summed E-state index contributed by atoms with van der Waals surface area (Å²) in [5.41, 5.74) is 7.17. The van der Waals surface area contributed by atoms with Crippen LogP contribution in [0.15, 0.2) is 90.5 Å². The van der Waals surface area contributed by atoms with Crippen molar-refractivity contribution in [3.63, 3.8) is 0 Å². The van der Waals surface area contributed by atoms with E-state index in [1.165, 1.54) is 0 Å². The fourth-order valence-electron chi connectivity index (χ4n) is 4.12. The van der Waals surface area contributed by atoms with Gasteiger partial charge in [0.2, 0.25) is 0 Å². The molecule has 0 unspecified atom stereocenters. The molecule has 146 valence electrons. The van der Waals surface area contributed by atoms with Gasteiger partial charge in [0, 0.05) is 23.1 Å². The molecule has 1 N–H and O–H groups in total. The number of aromatic nitrogens is 2. The molecule has 4 nitrogen and oxygen atoms in total.